The molecule has 82 valence electrons. The Balaban J connectivity index is 2.61. The van der Waals surface area contributed by atoms with E-state index in [9.17, 15) is 9.90 Å². The Hall–Kier alpha value is -0.650. The third kappa shape index (κ3) is 2.23. The van der Waals surface area contributed by atoms with E-state index in [-0.39, 0.29) is 24.1 Å². The zero-order chi connectivity index (χ0) is 10.7. The number of nitrogens with one attached hydrogen (secondary N) is 1. The molecule has 1 aliphatic heterocycles. The van der Waals surface area contributed by atoms with Gasteiger partial charge in [0.2, 0.25) is 0 Å². The molecule has 0 saturated carbocycles. The maximum absolute atomic E-state index is 11.3. The second-order valence-corrected chi connectivity index (χ2v) is 3.87. The first-order chi connectivity index (χ1) is 6.57. The summed E-state index contributed by atoms with van der Waals surface area (Å²) >= 11 is 0. The van der Waals surface area contributed by atoms with Crippen LogP contribution in [0.5, 0.6) is 0 Å². The SMILES string of the molecule is CC(C(=O)NN)N1CCCC(O)C1C. The molecule has 3 unspecified atom stereocenters. The summed E-state index contributed by atoms with van der Waals surface area (Å²) in [5.41, 5.74) is 2.14. The monoisotopic (exact) mass is 201 g/mol. The summed E-state index contributed by atoms with van der Waals surface area (Å²) in [5.74, 6) is 4.87. The Kier molecular flexibility index (Phi) is 3.86. The lowest BCUT2D eigenvalue weighted by molar-refractivity contribution is -0.128. The van der Waals surface area contributed by atoms with Crippen LogP contribution in [0, 0.1) is 0 Å². The van der Waals surface area contributed by atoms with Gasteiger partial charge in [0.05, 0.1) is 12.1 Å². The van der Waals surface area contributed by atoms with Gasteiger partial charge < -0.3 is 5.11 Å². The molecular weight excluding hydrogens is 182 g/mol. The first kappa shape index (κ1) is 11.4. The molecule has 1 aliphatic rings. The molecule has 5 heteroatoms. The van der Waals surface area contributed by atoms with Gasteiger partial charge in [-0.2, -0.15) is 0 Å². The first-order valence-electron chi connectivity index (χ1n) is 5.02. The van der Waals surface area contributed by atoms with E-state index in [0.717, 1.165) is 19.4 Å². The molecule has 1 saturated heterocycles. The number of carbonyl (C=O) groups excluding carboxylic acids is 1. The number of carbonyl (C=O) groups is 1. The van der Waals surface area contributed by atoms with Gasteiger partial charge in [0.25, 0.3) is 5.91 Å². The van der Waals surface area contributed by atoms with Gasteiger partial charge in [0.15, 0.2) is 0 Å². The van der Waals surface area contributed by atoms with Crippen LogP contribution in [0.15, 0.2) is 0 Å². The van der Waals surface area contributed by atoms with Crippen LogP contribution in [-0.2, 0) is 4.79 Å². The molecule has 4 N–H and O–H groups in total. The molecule has 5 nitrogen and oxygen atoms in total. The summed E-state index contributed by atoms with van der Waals surface area (Å²) in [7, 11) is 0. The normalized spacial score (nSPS) is 31.1. The molecule has 14 heavy (non-hydrogen) atoms. The molecule has 3 atom stereocenters. The average molecular weight is 201 g/mol. The third-order valence-corrected chi connectivity index (χ3v) is 3.02. The van der Waals surface area contributed by atoms with Gasteiger partial charge in [-0.15, -0.1) is 0 Å². The van der Waals surface area contributed by atoms with Gasteiger partial charge in [-0.25, -0.2) is 5.84 Å². The Morgan fingerprint density at radius 3 is 2.93 bits per heavy atom. The zero-order valence-electron chi connectivity index (χ0n) is 8.73. The molecule has 0 aromatic heterocycles. The smallest absolute Gasteiger partial charge is 0.250 e. The van der Waals surface area contributed by atoms with E-state index >= 15 is 0 Å². The fraction of sp³-hybridized carbons (Fsp3) is 0.889. The number of nitrogens with two attached hydrogens (primary N) is 1. The summed E-state index contributed by atoms with van der Waals surface area (Å²) in [6, 6.07) is -0.249. The van der Waals surface area contributed by atoms with E-state index in [0.29, 0.717) is 0 Å². The molecule has 1 heterocycles. The highest BCUT2D eigenvalue weighted by atomic mass is 16.3. The van der Waals surface area contributed by atoms with Gasteiger partial charge in [-0.1, -0.05) is 0 Å². The molecule has 1 rings (SSSR count). The van der Waals surface area contributed by atoms with E-state index in [1.165, 1.54) is 0 Å². The van der Waals surface area contributed by atoms with E-state index < -0.39 is 0 Å². The van der Waals surface area contributed by atoms with Crippen LogP contribution in [0.4, 0.5) is 0 Å². The second kappa shape index (κ2) is 4.72. The molecular formula is C9H19N3O2. The Labute approximate surface area is 84.2 Å². The second-order valence-electron chi connectivity index (χ2n) is 3.87. The Morgan fingerprint density at radius 1 is 1.71 bits per heavy atom. The molecule has 0 aromatic rings. The molecule has 1 amide bonds. The lowest BCUT2D eigenvalue weighted by atomic mass is 9.98. The minimum absolute atomic E-state index is 0.0241. The summed E-state index contributed by atoms with van der Waals surface area (Å²) in [6.07, 6.45) is 1.40. The van der Waals surface area contributed by atoms with Gasteiger partial charge in [0.1, 0.15) is 0 Å². The van der Waals surface area contributed by atoms with E-state index in [1.54, 1.807) is 6.92 Å². The Morgan fingerprint density at radius 2 is 2.36 bits per heavy atom. The van der Waals surface area contributed by atoms with Crippen LogP contribution >= 0.6 is 0 Å². The Bertz CT molecular complexity index is 210. The van der Waals surface area contributed by atoms with Crippen molar-refractivity contribution >= 4 is 5.91 Å². The number of likely N-dealkylation sites (tertiary alicyclic amines) is 1. The van der Waals surface area contributed by atoms with Crippen molar-refractivity contribution in [2.45, 2.75) is 44.9 Å². The molecule has 0 bridgehead atoms. The predicted octanol–water partition coefficient (Wildman–Crippen LogP) is -0.790. The maximum atomic E-state index is 11.3. The fourth-order valence-electron chi connectivity index (χ4n) is 1.97. The van der Waals surface area contributed by atoms with Crippen LogP contribution in [0.25, 0.3) is 0 Å². The van der Waals surface area contributed by atoms with Crippen LogP contribution in [0.1, 0.15) is 26.7 Å². The van der Waals surface area contributed by atoms with E-state index in [2.05, 4.69) is 5.43 Å². The summed E-state index contributed by atoms with van der Waals surface area (Å²) in [6.45, 7) is 4.58. The van der Waals surface area contributed by atoms with Crippen molar-refractivity contribution < 1.29 is 9.90 Å². The van der Waals surface area contributed by atoms with Crippen molar-refractivity contribution in [2.24, 2.45) is 5.84 Å². The minimum Gasteiger partial charge on any atom is -0.392 e. The average Bonchev–Trinajstić information content (AvgIpc) is 2.20. The number of amides is 1. The van der Waals surface area contributed by atoms with E-state index in [4.69, 9.17) is 5.84 Å². The standard InChI is InChI=1S/C9H19N3O2/c1-6-8(13)4-3-5-12(6)7(2)9(14)11-10/h6-8,13H,3-5,10H2,1-2H3,(H,11,14). The number of hydrazine groups is 1. The fourth-order valence-corrected chi connectivity index (χ4v) is 1.97. The van der Waals surface area contributed by atoms with Gasteiger partial charge in [-0.3, -0.25) is 15.1 Å². The lowest BCUT2D eigenvalue weighted by Crippen LogP contribution is -2.55. The number of nitrogens with zero attached hydrogens (tertiary/aromatic N) is 1. The van der Waals surface area contributed by atoms with Crippen molar-refractivity contribution in [2.75, 3.05) is 6.54 Å². The van der Waals surface area contributed by atoms with E-state index in [1.807, 2.05) is 11.8 Å². The highest BCUT2D eigenvalue weighted by Crippen LogP contribution is 2.19. The topological polar surface area (TPSA) is 78.6 Å². The molecule has 1 fully saturated rings. The molecule has 0 radical (unpaired) electrons. The quantitative estimate of drug-likeness (QED) is 0.311. The minimum atomic E-state index is -0.336. The third-order valence-electron chi connectivity index (χ3n) is 3.02. The van der Waals surface area contributed by atoms with Crippen molar-refractivity contribution in [1.29, 1.82) is 0 Å². The van der Waals surface area contributed by atoms with Crippen LogP contribution in [0.2, 0.25) is 0 Å². The van der Waals surface area contributed by atoms with Crippen molar-refractivity contribution in [3.05, 3.63) is 0 Å². The molecule has 0 aliphatic carbocycles. The largest absolute Gasteiger partial charge is 0.392 e. The van der Waals surface area contributed by atoms with Gasteiger partial charge in [0, 0.05) is 6.04 Å². The number of piperidine rings is 1. The summed E-state index contributed by atoms with van der Waals surface area (Å²) in [4.78, 5) is 13.3. The first-order valence-corrected chi connectivity index (χ1v) is 5.02. The molecule has 0 spiro atoms. The maximum Gasteiger partial charge on any atom is 0.250 e. The number of aliphatic hydroxyl groups is 1. The highest BCUT2D eigenvalue weighted by molar-refractivity contribution is 5.80. The summed E-state index contributed by atoms with van der Waals surface area (Å²) in [5, 5.41) is 9.65. The van der Waals surface area contributed by atoms with Crippen molar-refractivity contribution in [3.8, 4) is 0 Å². The van der Waals surface area contributed by atoms with Gasteiger partial charge >= 0.3 is 0 Å². The number of aliphatic hydroxyl groups excluding tert-OH is 1. The van der Waals surface area contributed by atoms with Crippen molar-refractivity contribution in [3.63, 3.8) is 0 Å². The van der Waals surface area contributed by atoms with Crippen LogP contribution in [0.3, 0.4) is 0 Å². The predicted molar refractivity (Wildman–Crippen MR) is 53.2 cm³/mol. The van der Waals surface area contributed by atoms with Crippen molar-refractivity contribution in [1.82, 2.24) is 10.3 Å². The highest BCUT2D eigenvalue weighted by Gasteiger charge is 2.32. The lowest BCUT2D eigenvalue weighted by Gasteiger charge is -2.39. The molecule has 0 aromatic carbocycles. The zero-order valence-corrected chi connectivity index (χ0v) is 8.73. The van der Waals surface area contributed by atoms with Crippen LogP contribution in [-0.4, -0.2) is 40.6 Å². The summed E-state index contributed by atoms with van der Waals surface area (Å²) < 4.78 is 0. The number of rotatable bonds is 2. The van der Waals surface area contributed by atoms with Crippen LogP contribution < -0.4 is 11.3 Å². The number of hydrogen-bond acceptors (Lipinski definition) is 4. The number of hydrogen-bond donors (Lipinski definition) is 3. The van der Waals surface area contributed by atoms with Gasteiger partial charge in [-0.05, 0) is 33.2 Å².